The van der Waals surface area contributed by atoms with Crippen molar-refractivity contribution in [1.29, 1.82) is 0 Å². The maximum Gasteiger partial charge on any atom is 0.245 e. The Hall–Kier alpha value is -2.57. The van der Waals surface area contributed by atoms with Crippen molar-refractivity contribution in [2.24, 2.45) is 0 Å². The highest BCUT2D eigenvalue weighted by atomic mass is 16.7. The summed E-state index contributed by atoms with van der Waals surface area (Å²) in [4.78, 5) is 15.2. The average Bonchev–Trinajstić information content (AvgIpc) is 3.42. The van der Waals surface area contributed by atoms with Gasteiger partial charge in [-0.25, -0.2) is 0 Å². The third kappa shape index (κ3) is 4.21. The number of allylic oxidation sites excluding steroid dienone is 2. The van der Waals surface area contributed by atoms with Crippen LogP contribution in [-0.2, 0) is 24.4 Å². The van der Waals surface area contributed by atoms with E-state index in [1.807, 2.05) is 61.4 Å². The monoisotopic (exact) mass is 440 g/mol. The van der Waals surface area contributed by atoms with Gasteiger partial charge in [0.1, 0.15) is 29.6 Å². The molecule has 1 aromatic carbocycles. The van der Waals surface area contributed by atoms with Crippen LogP contribution in [0.1, 0.15) is 46.1 Å². The van der Waals surface area contributed by atoms with Gasteiger partial charge in [0.05, 0.1) is 0 Å². The predicted molar refractivity (Wildman–Crippen MR) is 127 cm³/mol. The molecule has 1 fully saturated rings. The van der Waals surface area contributed by atoms with Crippen LogP contribution in [0.15, 0.2) is 59.6 Å². The van der Waals surface area contributed by atoms with Crippen LogP contribution in [0.2, 0.25) is 0 Å². The summed E-state index contributed by atoms with van der Waals surface area (Å²) in [5, 5.41) is 3.02. The smallest absolute Gasteiger partial charge is 0.245 e. The molecule has 1 spiro atoms. The van der Waals surface area contributed by atoms with Gasteiger partial charge in [-0.1, -0.05) is 51.5 Å². The molecule has 6 heteroatoms. The fraction of sp³-hybridized carbons (Fsp3) is 0.500. The van der Waals surface area contributed by atoms with E-state index in [9.17, 15) is 4.79 Å². The molecule has 0 aromatic heterocycles. The second kappa shape index (κ2) is 10.8. The number of ether oxygens (including phenoxy) is 3. The molecule has 2 unspecified atom stereocenters. The van der Waals surface area contributed by atoms with Crippen molar-refractivity contribution in [3.8, 4) is 0 Å². The molecule has 3 heterocycles. The van der Waals surface area contributed by atoms with Gasteiger partial charge in [-0.15, -0.1) is 0 Å². The highest BCUT2D eigenvalue weighted by Crippen LogP contribution is 2.52. The molecule has 32 heavy (non-hydrogen) atoms. The Labute approximate surface area is 191 Å². The Morgan fingerprint density at radius 1 is 1.16 bits per heavy atom. The third-order valence-corrected chi connectivity index (χ3v) is 5.72. The second-order valence-electron chi connectivity index (χ2n) is 8.10. The second-order valence-corrected chi connectivity index (χ2v) is 8.10. The molecular formula is C26H36N2O4. The minimum absolute atomic E-state index is 0.0770. The molecule has 174 valence electrons. The van der Waals surface area contributed by atoms with E-state index in [4.69, 9.17) is 14.2 Å². The highest BCUT2D eigenvalue weighted by Gasteiger charge is 2.57. The molecule has 0 radical (unpaired) electrons. The lowest BCUT2D eigenvalue weighted by atomic mass is 9.76. The first-order chi connectivity index (χ1) is 15.6. The van der Waals surface area contributed by atoms with Crippen molar-refractivity contribution in [3.05, 3.63) is 65.1 Å². The number of fused-ring (bicyclic) bond motifs is 4. The first kappa shape index (κ1) is 24.1. The lowest BCUT2D eigenvalue weighted by Gasteiger charge is -2.23. The van der Waals surface area contributed by atoms with Crippen molar-refractivity contribution < 1.29 is 19.0 Å². The normalized spacial score (nSPS) is 24.3. The van der Waals surface area contributed by atoms with E-state index in [0.717, 1.165) is 29.1 Å². The Morgan fingerprint density at radius 3 is 2.56 bits per heavy atom. The van der Waals surface area contributed by atoms with Crippen LogP contribution >= 0.6 is 0 Å². The predicted octanol–water partition coefficient (Wildman–Crippen LogP) is 4.43. The average molecular weight is 441 g/mol. The molecule has 0 saturated carbocycles. The molecule has 1 saturated heterocycles. The molecule has 1 aliphatic carbocycles. The molecule has 5 rings (SSSR count). The summed E-state index contributed by atoms with van der Waals surface area (Å²) in [6, 6.07) is 7.98. The van der Waals surface area contributed by atoms with Crippen molar-refractivity contribution in [2.45, 2.75) is 52.1 Å². The number of rotatable bonds is 3. The van der Waals surface area contributed by atoms with Crippen LogP contribution in [0.3, 0.4) is 0 Å². The summed E-state index contributed by atoms with van der Waals surface area (Å²) < 4.78 is 17.0. The molecule has 1 N–H and O–H groups in total. The maximum atomic E-state index is 13.3. The van der Waals surface area contributed by atoms with Crippen LogP contribution in [0.5, 0.6) is 0 Å². The van der Waals surface area contributed by atoms with E-state index in [0.29, 0.717) is 18.9 Å². The van der Waals surface area contributed by atoms with E-state index in [1.165, 1.54) is 12.8 Å². The van der Waals surface area contributed by atoms with Crippen molar-refractivity contribution in [1.82, 2.24) is 5.32 Å². The van der Waals surface area contributed by atoms with E-state index in [2.05, 4.69) is 26.1 Å². The lowest BCUT2D eigenvalue weighted by Crippen LogP contribution is -2.42. The zero-order valence-corrected chi connectivity index (χ0v) is 19.9. The minimum Gasteiger partial charge on any atom is -0.491 e. The SMILES string of the molecule is CCC.CCCNC.CCN1C(=O)C2(COC3=C2C=CC2OCOC2=C3)c2ccccc21. The summed E-state index contributed by atoms with van der Waals surface area (Å²) in [6.45, 7) is 10.7. The van der Waals surface area contributed by atoms with Gasteiger partial charge in [0, 0.05) is 23.9 Å². The van der Waals surface area contributed by atoms with E-state index in [1.54, 1.807) is 0 Å². The number of nitrogens with zero attached hydrogens (tertiary/aromatic N) is 1. The number of likely N-dealkylation sites (N-methyl/N-ethyl adjacent to an activating group) is 1. The number of carbonyl (C=O) groups excluding carboxylic acids is 1. The fourth-order valence-corrected chi connectivity index (χ4v) is 4.31. The van der Waals surface area contributed by atoms with Gasteiger partial charge >= 0.3 is 0 Å². The molecule has 1 aromatic rings. The zero-order valence-electron chi connectivity index (χ0n) is 19.9. The van der Waals surface area contributed by atoms with E-state index in [-0.39, 0.29) is 18.8 Å². The molecule has 4 aliphatic rings. The van der Waals surface area contributed by atoms with Crippen LogP contribution in [-0.4, -0.2) is 45.5 Å². The number of hydrogen-bond acceptors (Lipinski definition) is 5. The van der Waals surface area contributed by atoms with Crippen LogP contribution in [0.25, 0.3) is 0 Å². The third-order valence-electron chi connectivity index (χ3n) is 5.72. The standard InChI is InChI=1S/C19H17NO4.C4H11N.C3H8/c1-2-20-14-6-4-3-5-12(14)19(18(20)21)10-22-16-9-17-15(23-11-24-17)8-7-13(16)19;1-3-4-5-2;1-3-2/h3-9,15H,2,10-11H2,1H3;5H,3-4H2,1-2H3;3H2,1-2H3. The molecule has 1 amide bonds. The number of nitrogens with one attached hydrogen (secondary N) is 1. The summed E-state index contributed by atoms with van der Waals surface area (Å²) >= 11 is 0. The summed E-state index contributed by atoms with van der Waals surface area (Å²) in [5.41, 5.74) is 2.11. The quantitative estimate of drug-likeness (QED) is 0.753. The molecular weight excluding hydrogens is 404 g/mol. The van der Waals surface area contributed by atoms with Crippen molar-refractivity contribution >= 4 is 11.6 Å². The molecule has 6 nitrogen and oxygen atoms in total. The molecule has 2 atom stereocenters. The topological polar surface area (TPSA) is 60.0 Å². The van der Waals surface area contributed by atoms with E-state index < -0.39 is 5.41 Å². The largest absolute Gasteiger partial charge is 0.491 e. The Bertz CT molecular complexity index is 903. The first-order valence-corrected chi connectivity index (χ1v) is 11.7. The number of amides is 1. The number of anilines is 1. The van der Waals surface area contributed by atoms with Crippen LogP contribution < -0.4 is 10.2 Å². The highest BCUT2D eigenvalue weighted by molar-refractivity contribution is 6.11. The zero-order chi connectivity index (χ0) is 23.1. The van der Waals surface area contributed by atoms with Crippen molar-refractivity contribution in [2.75, 3.05) is 38.4 Å². The summed E-state index contributed by atoms with van der Waals surface area (Å²) in [6.07, 6.45) is 8.06. The Kier molecular flexibility index (Phi) is 8.15. The fourth-order valence-electron chi connectivity index (χ4n) is 4.31. The van der Waals surface area contributed by atoms with Gasteiger partial charge in [-0.05, 0) is 44.6 Å². The Balaban J connectivity index is 0.000000316. The van der Waals surface area contributed by atoms with Gasteiger partial charge in [0.15, 0.2) is 6.79 Å². The summed E-state index contributed by atoms with van der Waals surface area (Å²) in [5.74, 6) is 1.52. The Morgan fingerprint density at radius 2 is 1.91 bits per heavy atom. The number of hydrogen-bond donors (Lipinski definition) is 1. The maximum absolute atomic E-state index is 13.3. The number of carbonyl (C=O) groups is 1. The van der Waals surface area contributed by atoms with Crippen LogP contribution in [0, 0.1) is 0 Å². The first-order valence-electron chi connectivity index (χ1n) is 11.7. The lowest BCUT2D eigenvalue weighted by molar-refractivity contribution is -0.122. The van der Waals surface area contributed by atoms with Crippen molar-refractivity contribution in [3.63, 3.8) is 0 Å². The number of para-hydroxylation sites is 1. The van der Waals surface area contributed by atoms with Gasteiger partial charge in [-0.3, -0.25) is 4.79 Å². The molecule has 0 bridgehead atoms. The van der Waals surface area contributed by atoms with Gasteiger partial charge < -0.3 is 24.4 Å². The van der Waals surface area contributed by atoms with Gasteiger partial charge in [0.25, 0.3) is 0 Å². The van der Waals surface area contributed by atoms with Crippen LogP contribution in [0.4, 0.5) is 5.69 Å². The van der Waals surface area contributed by atoms with Gasteiger partial charge in [-0.2, -0.15) is 0 Å². The molecule has 3 aliphatic heterocycles. The van der Waals surface area contributed by atoms with E-state index >= 15 is 0 Å². The minimum atomic E-state index is -0.770. The van der Waals surface area contributed by atoms with Gasteiger partial charge in [0.2, 0.25) is 5.91 Å². The summed E-state index contributed by atoms with van der Waals surface area (Å²) in [7, 11) is 1.96. The number of benzene rings is 1.